The summed E-state index contributed by atoms with van der Waals surface area (Å²) in [6.45, 7) is 4.95. The highest BCUT2D eigenvalue weighted by atomic mass is 16.5. The molecule has 1 aliphatic rings. The molecule has 0 bridgehead atoms. The van der Waals surface area contributed by atoms with Gasteiger partial charge in [0.1, 0.15) is 23.0 Å². The highest BCUT2D eigenvalue weighted by Crippen LogP contribution is 2.26. The highest BCUT2D eigenvalue weighted by Gasteiger charge is 2.25. The number of amides is 1. The van der Waals surface area contributed by atoms with Gasteiger partial charge in [0.05, 0.1) is 19.8 Å². The number of hydrogen-bond acceptors (Lipinski definition) is 5. The Morgan fingerprint density at radius 3 is 3.04 bits per heavy atom. The molecule has 142 valence electrons. The van der Waals surface area contributed by atoms with E-state index >= 15 is 0 Å². The first-order chi connectivity index (χ1) is 13.0. The molecule has 3 aromatic rings. The van der Waals surface area contributed by atoms with Crippen molar-refractivity contribution in [2.24, 2.45) is 0 Å². The Bertz CT molecular complexity index is 973. The number of ether oxygens (including phenoxy) is 1. The average molecular weight is 368 g/mol. The minimum Gasteiger partial charge on any atom is -0.497 e. The summed E-state index contributed by atoms with van der Waals surface area (Å²) in [5.41, 5.74) is 1.61. The zero-order valence-electron chi connectivity index (χ0n) is 15.9. The molecule has 0 aliphatic carbocycles. The molecule has 4 rings (SSSR count). The van der Waals surface area contributed by atoms with Gasteiger partial charge in [-0.1, -0.05) is 13.8 Å². The smallest absolute Gasteiger partial charge is 0.224 e. The lowest BCUT2D eigenvalue weighted by Gasteiger charge is -2.25. The van der Waals surface area contributed by atoms with Gasteiger partial charge in [-0.15, -0.1) is 10.2 Å². The maximum Gasteiger partial charge on any atom is 0.224 e. The average Bonchev–Trinajstić information content (AvgIpc) is 3.25. The third-order valence-corrected chi connectivity index (χ3v) is 5.07. The van der Waals surface area contributed by atoms with Crippen LogP contribution in [0.4, 0.5) is 0 Å². The second-order valence-corrected chi connectivity index (χ2v) is 7.34. The van der Waals surface area contributed by atoms with Gasteiger partial charge in [0.25, 0.3) is 0 Å². The Kier molecular flexibility index (Phi) is 4.59. The largest absolute Gasteiger partial charge is 0.497 e. The standard InChI is InChI=1S/C20H24N4O3/c1-12(2)20-23-22-18-7-4-14(10-24(18)20)21-19(25)8-13-11-27-17-9-15(26-3)5-6-16(13)17/h5-6,9,11-12,14H,4,7-8,10H2,1-3H3,(H,21,25)/t14-/m1/s1. The molecule has 0 saturated carbocycles. The van der Waals surface area contributed by atoms with Crippen molar-refractivity contribution < 1.29 is 13.9 Å². The number of aromatic nitrogens is 3. The number of methoxy groups -OCH3 is 1. The second-order valence-electron chi connectivity index (χ2n) is 7.34. The van der Waals surface area contributed by atoms with E-state index in [0.29, 0.717) is 12.3 Å². The molecule has 0 saturated heterocycles. The minimum atomic E-state index is 0.00106. The van der Waals surface area contributed by atoms with Crippen LogP contribution in [0.25, 0.3) is 11.0 Å². The van der Waals surface area contributed by atoms with E-state index in [1.165, 1.54) is 0 Å². The maximum atomic E-state index is 12.6. The number of rotatable bonds is 5. The zero-order chi connectivity index (χ0) is 19.0. The van der Waals surface area contributed by atoms with E-state index in [9.17, 15) is 4.79 Å². The van der Waals surface area contributed by atoms with Crippen LogP contribution in [0, 0.1) is 0 Å². The molecule has 7 heteroatoms. The first-order valence-electron chi connectivity index (χ1n) is 9.30. The van der Waals surface area contributed by atoms with Gasteiger partial charge in [-0.3, -0.25) is 4.79 Å². The Labute approximate surface area is 157 Å². The summed E-state index contributed by atoms with van der Waals surface area (Å²) in [4.78, 5) is 12.6. The van der Waals surface area contributed by atoms with E-state index in [2.05, 4.69) is 33.9 Å². The number of hydrogen-bond donors (Lipinski definition) is 1. The zero-order valence-corrected chi connectivity index (χ0v) is 15.9. The molecule has 1 atom stereocenters. The van der Waals surface area contributed by atoms with Gasteiger partial charge < -0.3 is 19.0 Å². The molecule has 1 amide bonds. The number of furan rings is 1. The third-order valence-electron chi connectivity index (χ3n) is 5.07. The molecule has 1 N–H and O–H groups in total. The molecular formula is C20H24N4O3. The fraction of sp³-hybridized carbons (Fsp3) is 0.450. The van der Waals surface area contributed by atoms with E-state index in [4.69, 9.17) is 9.15 Å². The number of fused-ring (bicyclic) bond motifs is 2. The lowest BCUT2D eigenvalue weighted by Crippen LogP contribution is -2.42. The second kappa shape index (κ2) is 7.06. The number of benzene rings is 1. The van der Waals surface area contributed by atoms with E-state index in [1.807, 2.05) is 18.2 Å². The van der Waals surface area contributed by atoms with E-state index in [-0.39, 0.29) is 11.9 Å². The van der Waals surface area contributed by atoms with Gasteiger partial charge >= 0.3 is 0 Å². The van der Waals surface area contributed by atoms with Gasteiger partial charge in [0.2, 0.25) is 5.91 Å². The summed E-state index contributed by atoms with van der Waals surface area (Å²) in [7, 11) is 1.62. The number of nitrogens with one attached hydrogen (secondary N) is 1. The van der Waals surface area contributed by atoms with Crippen molar-refractivity contribution in [1.82, 2.24) is 20.1 Å². The summed E-state index contributed by atoms with van der Waals surface area (Å²) in [6.07, 6.45) is 3.66. The van der Waals surface area contributed by atoms with Gasteiger partial charge in [-0.25, -0.2) is 0 Å². The topological polar surface area (TPSA) is 82.2 Å². The number of nitrogens with zero attached hydrogens (tertiary/aromatic N) is 3. The number of aryl methyl sites for hydroxylation is 1. The molecule has 0 unspecified atom stereocenters. The lowest BCUT2D eigenvalue weighted by molar-refractivity contribution is -0.121. The van der Waals surface area contributed by atoms with Crippen molar-refractivity contribution in [2.75, 3.05) is 7.11 Å². The normalized spacial score (nSPS) is 16.5. The van der Waals surface area contributed by atoms with Crippen LogP contribution in [0.5, 0.6) is 5.75 Å². The van der Waals surface area contributed by atoms with Crippen LogP contribution in [0.3, 0.4) is 0 Å². The third kappa shape index (κ3) is 3.41. The first kappa shape index (κ1) is 17.6. The van der Waals surface area contributed by atoms with Crippen molar-refractivity contribution in [3.8, 4) is 5.75 Å². The van der Waals surface area contributed by atoms with Crippen molar-refractivity contribution in [3.63, 3.8) is 0 Å². The molecule has 0 fully saturated rings. The Morgan fingerprint density at radius 1 is 1.41 bits per heavy atom. The van der Waals surface area contributed by atoms with Gasteiger partial charge in [0, 0.05) is 41.9 Å². The van der Waals surface area contributed by atoms with Crippen molar-refractivity contribution in [3.05, 3.63) is 41.7 Å². The van der Waals surface area contributed by atoms with Crippen LogP contribution in [0.15, 0.2) is 28.9 Å². The van der Waals surface area contributed by atoms with Crippen LogP contribution in [0.2, 0.25) is 0 Å². The first-order valence-corrected chi connectivity index (χ1v) is 9.30. The fourth-order valence-electron chi connectivity index (χ4n) is 3.67. The van der Waals surface area contributed by atoms with Crippen LogP contribution >= 0.6 is 0 Å². The minimum absolute atomic E-state index is 0.00106. The fourth-order valence-corrected chi connectivity index (χ4v) is 3.67. The molecule has 1 aromatic carbocycles. The van der Waals surface area contributed by atoms with Gasteiger partial charge in [0.15, 0.2) is 0 Å². The predicted molar refractivity (Wildman–Crippen MR) is 101 cm³/mol. The molecule has 0 radical (unpaired) electrons. The summed E-state index contributed by atoms with van der Waals surface area (Å²) in [6, 6.07) is 5.73. The van der Waals surface area contributed by atoms with Crippen molar-refractivity contribution in [2.45, 2.75) is 51.6 Å². The van der Waals surface area contributed by atoms with Crippen LogP contribution in [0.1, 0.15) is 43.4 Å². The van der Waals surface area contributed by atoms with E-state index in [1.54, 1.807) is 13.4 Å². The highest BCUT2D eigenvalue weighted by molar-refractivity contribution is 5.88. The monoisotopic (exact) mass is 368 g/mol. The molecule has 27 heavy (non-hydrogen) atoms. The Morgan fingerprint density at radius 2 is 2.26 bits per heavy atom. The quantitative estimate of drug-likeness (QED) is 0.749. The summed E-state index contributed by atoms with van der Waals surface area (Å²) in [5.74, 6) is 3.05. The SMILES string of the molecule is COc1ccc2c(CC(=O)N[C@@H]3CCc4nnc(C(C)C)n4C3)coc2c1. The van der Waals surface area contributed by atoms with Gasteiger partial charge in [-0.05, 0) is 18.6 Å². The Balaban J connectivity index is 1.43. The van der Waals surface area contributed by atoms with E-state index < -0.39 is 0 Å². The number of carbonyl (C=O) groups is 1. The van der Waals surface area contributed by atoms with Crippen LogP contribution < -0.4 is 10.1 Å². The molecule has 0 spiro atoms. The Hall–Kier alpha value is -2.83. The molecule has 2 aromatic heterocycles. The molecule has 1 aliphatic heterocycles. The molecule has 3 heterocycles. The van der Waals surface area contributed by atoms with Crippen LogP contribution in [-0.2, 0) is 24.2 Å². The van der Waals surface area contributed by atoms with Crippen molar-refractivity contribution in [1.29, 1.82) is 0 Å². The summed E-state index contributed by atoms with van der Waals surface area (Å²) in [5, 5.41) is 12.7. The predicted octanol–water partition coefficient (Wildman–Crippen LogP) is 2.83. The van der Waals surface area contributed by atoms with Crippen molar-refractivity contribution >= 4 is 16.9 Å². The summed E-state index contributed by atoms with van der Waals surface area (Å²) >= 11 is 0. The van der Waals surface area contributed by atoms with Gasteiger partial charge in [-0.2, -0.15) is 0 Å². The molecular weight excluding hydrogens is 344 g/mol. The van der Waals surface area contributed by atoms with E-state index in [0.717, 1.165) is 53.3 Å². The molecule has 7 nitrogen and oxygen atoms in total. The van der Waals surface area contributed by atoms with Crippen LogP contribution in [-0.4, -0.2) is 33.8 Å². The number of carbonyl (C=O) groups excluding carboxylic acids is 1. The summed E-state index contributed by atoms with van der Waals surface area (Å²) < 4.78 is 12.9. The lowest BCUT2D eigenvalue weighted by atomic mass is 10.0. The maximum absolute atomic E-state index is 12.6.